The van der Waals surface area contributed by atoms with Crippen LogP contribution in [0.25, 0.3) is 0 Å². The van der Waals surface area contributed by atoms with Gasteiger partial charge in [0.25, 0.3) is 0 Å². The molecule has 1 aliphatic carbocycles. The molecule has 0 aromatic carbocycles. The maximum atomic E-state index is 6.43. The van der Waals surface area contributed by atoms with Crippen molar-refractivity contribution in [1.82, 2.24) is 4.90 Å². The molecule has 18 heavy (non-hydrogen) atoms. The van der Waals surface area contributed by atoms with Crippen molar-refractivity contribution in [3.63, 3.8) is 0 Å². The van der Waals surface area contributed by atoms with Crippen LogP contribution in [0.1, 0.15) is 38.7 Å². The molecule has 2 N–H and O–H groups in total. The molecule has 2 rings (SSSR count). The van der Waals surface area contributed by atoms with Crippen molar-refractivity contribution < 1.29 is 4.42 Å². The number of hydrogen-bond acceptors (Lipinski definition) is 3. The maximum absolute atomic E-state index is 6.43. The molecule has 1 aromatic heterocycles. The fraction of sp³-hybridized carbons (Fsp3) is 0.733. The fourth-order valence-electron chi connectivity index (χ4n) is 3.17. The minimum Gasteiger partial charge on any atom is -0.472 e. The number of furan rings is 1. The van der Waals surface area contributed by atoms with Gasteiger partial charge in [0.2, 0.25) is 0 Å². The van der Waals surface area contributed by atoms with Crippen LogP contribution in [0, 0.1) is 11.3 Å². The third-order valence-electron chi connectivity index (χ3n) is 4.39. The highest BCUT2D eigenvalue weighted by molar-refractivity contribution is 5.04. The monoisotopic (exact) mass is 250 g/mol. The van der Waals surface area contributed by atoms with Crippen LogP contribution < -0.4 is 5.73 Å². The van der Waals surface area contributed by atoms with E-state index >= 15 is 0 Å². The highest BCUT2D eigenvalue weighted by Gasteiger charge is 2.36. The van der Waals surface area contributed by atoms with Crippen LogP contribution in [-0.2, 0) is 6.54 Å². The van der Waals surface area contributed by atoms with Gasteiger partial charge in [0, 0.05) is 24.7 Å². The molecule has 0 spiro atoms. The Morgan fingerprint density at radius 1 is 1.50 bits per heavy atom. The molecule has 3 heteroatoms. The van der Waals surface area contributed by atoms with E-state index in [2.05, 4.69) is 25.8 Å². The number of rotatable bonds is 4. The lowest BCUT2D eigenvalue weighted by atomic mass is 9.68. The summed E-state index contributed by atoms with van der Waals surface area (Å²) in [5, 5.41) is 0. The van der Waals surface area contributed by atoms with Crippen molar-refractivity contribution in [2.45, 2.75) is 45.7 Å². The molecule has 0 radical (unpaired) electrons. The molecule has 0 aliphatic heterocycles. The van der Waals surface area contributed by atoms with Gasteiger partial charge in [0.15, 0.2) is 0 Å². The largest absolute Gasteiger partial charge is 0.472 e. The zero-order valence-electron chi connectivity index (χ0n) is 11.9. The summed E-state index contributed by atoms with van der Waals surface area (Å²) >= 11 is 0. The summed E-state index contributed by atoms with van der Waals surface area (Å²) in [6, 6.07) is 2.35. The van der Waals surface area contributed by atoms with Crippen LogP contribution in [0.4, 0.5) is 0 Å². The topological polar surface area (TPSA) is 42.4 Å². The van der Waals surface area contributed by atoms with Gasteiger partial charge in [-0.3, -0.25) is 0 Å². The highest BCUT2D eigenvalue weighted by atomic mass is 16.3. The minimum absolute atomic E-state index is 0.291. The lowest BCUT2D eigenvalue weighted by Gasteiger charge is -2.43. The Balaban J connectivity index is 1.88. The third-order valence-corrected chi connectivity index (χ3v) is 4.39. The maximum Gasteiger partial charge on any atom is 0.0947 e. The summed E-state index contributed by atoms with van der Waals surface area (Å²) in [5.41, 5.74) is 7.96. The van der Waals surface area contributed by atoms with Crippen molar-refractivity contribution >= 4 is 0 Å². The second-order valence-electron chi connectivity index (χ2n) is 6.50. The minimum atomic E-state index is 0.291. The third kappa shape index (κ3) is 3.15. The van der Waals surface area contributed by atoms with Crippen LogP contribution in [-0.4, -0.2) is 24.5 Å². The van der Waals surface area contributed by atoms with Gasteiger partial charge in [0.1, 0.15) is 0 Å². The summed E-state index contributed by atoms with van der Waals surface area (Å²) in [7, 11) is 2.17. The van der Waals surface area contributed by atoms with Crippen LogP contribution in [0.5, 0.6) is 0 Å². The fourth-order valence-corrected chi connectivity index (χ4v) is 3.17. The standard InChI is InChI=1S/C15H26N2O/c1-15(2)7-4-5-13(14(15)16)10-17(3)9-12-6-8-18-11-12/h6,8,11,13-14H,4-5,7,9-10,16H2,1-3H3. The SMILES string of the molecule is CN(Cc1ccoc1)CC1CCCC(C)(C)C1N. The van der Waals surface area contributed by atoms with Crippen molar-refractivity contribution in [2.24, 2.45) is 17.1 Å². The molecular formula is C15H26N2O. The smallest absolute Gasteiger partial charge is 0.0947 e. The first-order chi connectivity index (χ1) is 8.49. The van der Waals surface area contributed by atoms with Gasteiger partial charge in [0.05, 0.1) is 12.5 Å². The van der Waals surface area contributed by atoms with Crippen molar-refractivity contribution in [3.8, 4) is 0 Å². The molecule has 1 aromatic rings. The van der Waals surface area contributed by atoms with Crippen molar-refractivity contribution in [1.29, 1.82) is 0 Å². The van der Waals surface area contributed by atoms with Gasteiger partial charge in [-0.1, -0.05) is 20.3 Å². The summed E-state index contributed by atoms with van der Waals surface area (Å²) in [5.74, 6) is 0.616. The molecule has 3 nitrogen and oxygen atoms in total. The van der Waals surface area contributed by atoms with Gasteiger partial charge < -0.3 is 15.1 Å². The highest BCUT2D eigenvalue weighted by Crippen LogP contribution is 2.37. The normalized spacial score (nSPS) is 27.6. The van der Waals surface area contributed by atoms with Crippen molar-refractivity contribution in [2.75, 3.05) is 13.6 Å². The Hall–Kier alpha value is -0.800. The average molecular weight is 250 g/mol. The van der Waals surface area contributed by atoms with Crippen molar-refractivity contribution in [3.05, 3.63) is 24.2 Å². The Labute approximate surface area is 110 Å². The predicted octanol–water partition coefficient (Wildman–Crippen LogP) is 2.87. The Morgan fingerprint density at radius 2 is 2.28 bits per heavy atom. The van der Waals surface area contributed by atoms with E-state index in [1.54, 1.807) is 6.26 Å². The molecule has 0 amide bonds. The van der Waals surface area contributed by atoms with Crippen LogP contribution >= 0.6 is 0 Å². The van der Waals surface area contributed by atoms with E-state index in [0.29, 0.717) is 17.4 Å². The lowest BCUT2D eigenvalue weighted by Crippen LogP contribution is -2.49. The van der Waals surface area contributed by atoms with Gasteiger partial charge in [-0.25, -0.2) is 0 Å². The molecule has 1 aliphatic rings. The van der Waals surface area contributed by atoms with E-state index < -0.39 is 0 Å². The molecule has 102 valence electrons. The van der Waals surface area contributed by atoms with Gasteiger partial charge in [-0.05, 0) is 37.3 Å². The molecule has 2 unspecified atom stereocenters. The first kappa shape index (κ1) is 13.6. The molecule has 1 heterocycles. The van der Waals surface area contributed by atoms with E-state index in [-0.39, 0.29) is 0 Å². The van der Waals surface area contributed by atoms with E-state index in [1.165, 1.54) is 24.8 Å². The summed E-state index contributed by atoms with van der Waals surface area (Å²) in [6.45, 7) is 6.63. The first-order valence-electron chi connectivity index (χ1n) is 6.94. The van der Waals surface area contributed by atoms with Gasteiger partial charge in [-0.15, -0.1) is 0 Å². The summed E-state index contributed by atoms with van der Waals surface area (Å²) in [4.78, 5) is 2.36. The predicted molar refractivity (Wildman–Crippen MR) is 74.1 cm³/mol. The quantitative estimate of drug-likeness (QED) is 0.893. The molecule has 0 saturated heterocycles. The van der Waals surface area contributed by atoms with E-state index in [1.807, 2.05) is 12.3 Å². The van der Waals surface area contributed by atoms with E-state index in [9.17, 15) is 0 Å². The number of nitrogens with two attached hydrogens (primary N) is 1. The lowest BCUT2D eigenvalue weighted by molar-refractivity contribution is 0.109. The number of nitrogens with zero attached hydrogens (tertiary/aromatic N) is 1. The zero-order chi connectivity index (χ0) is 13.2. The Kier molecular flexibility index (Phi) is 4.13. The summed E-state index contributed by atoms with van der Waals surface area (Å²) in [6.07, 6.45) is 7.39. The van der Waals surface area contributed by atoms with Crippen LogP contribution in [0.2, 0.25) is 0 Å². The zero-order valence-corrected chi connectivity index (χ0v) is 11.9. The molecule has 1 fully saturated rings. The van der Waals surface area contributed by atoms with E-state index in [0.717, 1.165) is 13.1 Å². The van der Waals surface area contributed by atoms with Crippen LogP contribution in [0.15, 0.2) is 23.0 Å². The molecule has 1 saturated carbocycles. The second-order valence-corrected chi connectivity index (χ2v) is 6.50. The molecular weight excluding hydrogens is 224 g/mol. The van der Waals surface area contributed by atoms with Gasteiger partial charge >= 0.3 is 0 Å². The first-order valence-corrected chi connectivity index (χ1v) is 6.94. The molecule has 2 atom stereocenters. The van der Waals surface area contributed by atoms with E-state index in [4.69, 9.17) is 10.2 Å². The summed E-state index contributed by atoms with van der Waals surface area (Å²) < 4.78 is 5.11. The second kappa shape index (κ2) is 5.45. The average Bonchev–Trinajstić information content (AvgIpc) is 2.77. The van der Waals surface area contributed by atoms with Gasteiger partial charge in [-0.2, -0.15) is 0 Å². The Morgan fingerprint density at radius 3 is 2.94 bits per heavy atom. The van der Waals surface area contributed by atoms with Crippen LogP contribution in [0.3, 0.4) is 0 Å². The number of hydrogen-bond donors (Lipinski definition) is 1. The molecule has 0 bridgehead atoms. The Bertz CT molecular complexity index is 359.